The van der Waals surface area contributed by atoms with Gasteiger partial charge in [-0.2, -0.15) is 0 Å². The molecule has 6 heteroatoms. The van der Waals surface area contributed by atoms with E-state index >= 15 is 0 Å². The van der Waals surface area contributed by atoms with Crippen molar-refractivity contribution in [2.75, 3.05) is 0 Å². The molecule has 0 radical (unpaired) electrons. The molecule has 1 saturated carbocycles. The molecule has 3 N–H and O–H groups in total. The van der Waals surface area contributed by atoms with Gasteiger partial charge >= 0.3 is 6.03 Å². The average molecular weight is 267 g/mol. The Morgan fingerprint density at radius 1 is 1.16 bits per heavy atom. The Kier molecular flexibility index (Phi) is 4.76. The number of hydrogen-bond donors (Lipinski definition) is 3. The number of carbonyl (C=O) groups excluding carboxylic acids is 3. The van der Waals surface area contributed by atoms with Gasteiger partial charge in [0, 0.05) is 12.5 Å². The van der Waals surface area contributed by atoms with Crippen molar-refractivity contribution in [1.29, 1.82) is 0 Å². The van der Waals surface area contributed by atoms with Gasteiger partial charge in [-0.05, 0) is 19.3 Å². The van der Waals surface area contributed by atoms with Crippen LogP contribution in [0.5, 0.6) is 0 Å². The first-order valence-corrected chi connectivity index (χ1v) is 7.06. The van der Waals surface area contributed by atoms with E-state index in [1.54, 1.807) is 0 Å². The van der Waals surface area contributed by atoms with Crippen LogP contribution in [0.15, 0.2) is 0 Å². The molecule has 1 saturated heterocycles. The summed E-state index contributed by atoms with van der Waals surface area (Å²) in [6, 6.07) is -0.756. The molecule has 0 aromatic rings. The van der Waals surface area contributed by atoms with Gasteiger partial charge in [0.25, 0.3) is 5.91 Å². The number of amides is 4. The Morgan fingerprint density at radius 3 is 2.42 bits per heavy atom. The number of urea groups is 1. The Morgan fingerprint density at radius 2 is 1.84 bits per heavy atom. The Hall–Kier alpha value is -1.59. The second-order valence-electron chi connectivity index (χ2n) is 5.31. The highest BCUT2D eigenvalue weighted by molar-refractivity contribution is 6.04. The van der Waals surface area contributed by atoms with E-state index in [0.717, 1.165) is 12.8 Å². The summed E-state index contributed by atoms with van der Waals surface area (Å²) in [5, 5.41) is 7.68. The largest absolute Gasteiger partial charge is 0.353 e. The van der Waals surface area contributed by atoms with Gasteiger partial charge in [-0.25, -0.2) is 4.79 Å². The van der Waals surface area contributed by atoms with Crippen molar-refractivity contribution >= 4 is 17.8 Å². The maximum absolute atomic E-state index is 11.8. The molecular formula is C13H21N3O3. The molecule has 1 atom stereocenters. The Balaban J connectivity index is 1.69. The minimum Gasteiger partial charge on any atom is -0.353 e. The fourth-order valence-corrected chi connectivity index (χ4v) is 2.66. The SMILES string of the molecule is O=C(CC[C@H]1NC(=O)NC1=O)NC1CCCCCC1. The van der Waals surface area contributed by atoms with Crippen LogP contribution in [0, 0.1) is 0 Å². The molecule has 1 aliphatic heterocycles. The summed E-state index contributed by atoms with van der Waals surface area (Å²) in [5.74, 6) is -0.367. The van der Waals surface area contributed by atoms with Crippen LogP contribution in [0.3, 0.4) is 0 Å². The quantitative estimate of drug-likeness (QED) is 0.520. The maximum Gasteiger partial charge on any atom is 0.322 e. The minimum atomic E-state index is -0.563. The van der Waals surface area contributed by atoms with E-state index < -0.39 is 12.1 Å². The zero-order chi connectivity index (χ0) is 13.7. The summed E-state index contributed by atoms with van der Waals surface area (Å²) in [4.78, 5) is 34.0. The van der Waals surface area contributed by atoms with Gasteiger partial charge in [-0.3, -0.25) is 14.9 Å². The predicted octanol–water partition coefficient (Wildman–Crippen LogP) is 0.814. The predicted molar refractivity (Wildman–Crippen MR) is 69.3 cm³/mol. The fraction of sp³-hybridized carbons (Fsp3) is 0.769. The highest BCUT2D eigenvalue weighted by Gasteiger charge is 2.29. The molecule has 19 heavy (non-hydrogen) atoms. The number of hydrogen-bond acceptors (Lipinski definition) is 3. The topological polar surface area (TPSA) is 87.3 Å². The second kappa shape index (κ2) is 6.54. The molecule has 2 fully saturated rings. The summed E-state index contributed by atoms with van der Waals surface area (Å²) in [6.45, 7) is 0. The van der Waals surface area contributed by atoms with Gasteiger partial charge in [0.2, 0.25) is 5.91 Å². The number of carbonyl (C=O) groups is 3. The molecule has 4 amide bonds. The molecule has 106 valence electrons. The van der Waals surface area contributed by atoms with Gasteiger partial charge in [0.05, 0.1) is 0 Å². The molecule has 0 spiro atoms. The summed E-state index contributed by atoms with van der Waals surface area (Å²) < 4.78 is 0. The van der Waals surface area contributed by atoms with Crippen molar-refractivity contribution in [1.82, 2.24) is 16.0 Å². The molecule has 1 aliphatic carbocycles. The van der Waals surface area contributed by atoms with Crippen LogP contribution in [-0.4, -0.2) is 29.9 Å². The Bertz CT molecular complexity index is 362. The van der Waals surface area contributed by atoms with Crippen LogP contribution in [0.25, 0.3) is 0 Å². The zero-order valence-electron chi connectivity index (χ0n) is 11.0. The normalized spacial score (nSPS) is 24.5. The summed E-state index contributed by atoms with van der Waals surface area (Å²) in [5.41, 5.74) is 0. The lowest BCUT2D eigenvalue weighted by molar-refractivity contribution is -0.122. The van der Waals surface area contributed by atoms with Crippen LogP contribution in [0.4, 0.5) is 4.79 Å². The third kappa shape index (κ3) is 4.22. The van der Waals surface area contributed by atoms with Crippen LogP contribution >= 0.6 is 0 Å². The first-order valence-electron chi connectivity index (χ1n) is 7.06. The molecule has 6 nitrogen and oxygen atoms in total. The highest BCUT2D eigenvalue weighted by Crippen LogP contribution is 2.17. The molecule has 0 aromatic carbocycles. The van der Waals surface area contributed by atoms with Crippen molar-refractivity contribution in [3.05, 3.63) is 0 Å². The lowest BCUT2D eigenvalue weighted by Crippen LogP contribution is -2.36. The van der Waals surface area contributed by atoms with Crippen molar-refractivity contribution in [2.24, 2.45) is 0 Å². The molecule has 1 heterocycles. The molecule has 2 aliphatic rings. The second-order valence-corrected chi connectivity index (χ2v) is 5.31. The van der Waals surface area contributed by atoms with Gasteiger partial charge in [-0.15, -0.1) is 0 Å². The molecular weight excluding hydrogens is 246 g/mol. The summed E-state index contributed by atoms with van der Waals surface area (Å²) in [6.07, 6.45) is 7.57. The molecule has 0 unspecified atom stereocenters. The first kappa shape index (κ1) is 13.8. The van der Waals surface area contributed by atoms with Crippen LogP contribution in [-0.2, 0) is 9.59 Å². The van der Waals surface area contributed by atoms with Gasteiger partial charge in [-0.1, -0.05) is 25.7 Å². The standard InChI is InChI=1S/C13H21N3O3/c17-11(14-9-5-3-1-2-4-6-9)8-7-10-12(18)16-13(19)15-10/h9-10H,1-8H2,(H,14,17)(H2,15,16,18,19)/t10-/m1/s1. The number of imide groups is 1. The summed E-state index contributed by atoms with van der Waals surface area (Å²) in [7, 11) is 0. The van der Waals surface area contributed by atoms with E-state index in [4.69, 9.17) is 0 Å². The molecule has 0 aromatic heterocycles. The smallest absolute Gasteiger partial charge is 0.322 e. The van der Waals surface area contributed by atoms with Crippen LogP contribution in [0.1, 0.15) is 51.4 Å². The van der Waals surface area contributed by atoms with E-state index in [1.165, 1.54) is 25.7 Å². The highest BCUT2D eigenvalue weighted by atomic mass is 16.2. The number of rotatable bonds is 4. The van der Waals surface area contributed by atoms with E-state index in [1.807, 2.05) is 0 Å². The number of nitrogens with one attached hydrogen (secondary N) is 3. The van der Waals surface area contributed by atoms with E-state index in [0.29, 0.717) is 6.42 Å². The van der Waals surface area contributed by atoms with Gasteiger partial charge in [0.15, 0.2) is 0 Å². The van der Waals surface area contributed by atoms with Crippen molar-refractivity contribution in [3.63, 3.8) is 0 Å². The van der Waals surface area contributed by atoms with Crippen molar-refractivity contribution < 1.29 is 14.4 Å². The fourth-order valence-electron chi connectivity index (χ4n) is 2.66. The molecule has 0 bridgehead atoms. The summed E-state index contributed by atoms with van der Waals surface area (Å²) >= 11 is 0. The lowest BCUT2D eigenvalue weighted by atomic mass is 10.1. The van der Waals surface area contributed by atoms with E-state index in [2.05, 4.69) is 16.0 Å². The third-order valence-corrected chi connectivity index (χ3v) is 3.74. The van der Waals surface area contributed by atoms with Crippen molar-refractivity contribution in [2.45, 2.75) is 63.5 Å². The van der Waals surface area contributed by atoms with Crippen LogP contribution in [0.2, 0.25) is 0 Å². The van der Waals surface area contributed by atoms with E-state index in [-0.39, 0.29) is 24.3 Å². The maximum atomic E-state index is 11.8. The zero-order valence-corrected chi connectivity index (χ0v) is 11.0. The molecule has 2 rings (SSSR count). The Labute approximate surface area is 112 Å². The third-order valence-electron chi connectivity index (χ3n) is 3.74. The van der Waals surface area contributed by atoms with Crippen molar-refractivity contribution in [3.8, 4) is 0 Å². The first-order chi connectivity index (χ1) is 9.15. The van der Waals surface area contributed by atoms with Crippen LogP contribution < -0.4 is 16.0 Å². The lowest BCUT2D eigenvalue weighted by Gasteiger charge is -2.16. The van der Waals surface area contributed by atoms with Gasteiger partial charge in [0.1, 0.15) is 6.04 Å². The monoisotopic (exact) mass is 267 g/mol. The van der Waals surface area contributed by atoms with Gasteiger partial charge < -0.3 is 10.6 Å². The van der Waals surface area contributed by atoms with E-state index in [9.17, 15) is 14.4 Å². The minimum absolute atomic E-state index is 0.0270. The average Bonchev–Trinajstić information content (AvgIpc) is 2.56.